The zero-order valence-electron chi connectivity index (χ0n) is 16.6. The number of nitrogens with zero attached hydrogens (tertiary/aromatic N) is 3. The van der Waals surface area contributed by atoms with Gasteiger partial charge in [-0.15, -0.1) is 0 Å². The Morgan fingerprint density at radius 2 is 2.15 bits per heavy atom. The summed E-state index contributed by atoms with van der Waals surface area (Å²) in [4.78, 5) is 18.2. The number of aromatic nitrogens is 1. The standard InChI is InChI=1S/C22H31N3O2/c1-14-19(15(2)27-23-14)12-21(26)25-9-5-6-16-10-17-11-18(22(16)25)13-24-8-4-3-7-20(17)24/h10,17-18,20,22H,3-9,11-13H2,1-2H3/t17?,18?,20-,22-/m1/s1. The second-order valence-corrected chi connectivity index (χ2v) is 9.07. The molecule has 1 aliphatic carbocycles. The monoisotopic (exact) mass is 369 g/mol. The van der Waals surface area contributed by atoms with E-state index in [4.69, 9.17) is 4.52 Å². The van der Waals surface area contributed by atoms with Crippen LogP contribution in [-0.4, -0.2) is 52.6 Å². The van der Waals surface area contributed by atoms with E-state index in [0.717, 1.165) is 36.0 Å². The molecular formula is C22H31N3O2. The van der Waals surface area contributed by atoms with Crippen molar-refractivity contribution in [2.45, 2.75) is 70.9 Å². The van der Waals surface area contributed by atoms with Gasteiger partial charge in [0, 0.05) is 24.7 Å². The van der Waals surface area contributed by atoms with Gasteiger partial charge < -0.3 is 9.42 Å². The Bertz CT molecular complexity index is 748. The van der Waals surface area contributed by atoms with Gasteiger partial charge in [0.1, 0.15) is 5.76 Å². The van der Waals surface area contributed by atoms with E-state index in [2.05, 4.69) is 21.0 Å². The number of carbonyl (C=O) groups is 1. The summed E-state index contributed by atoms with van der Waals surface area (Å²) in [5, 5.41) is 4.03. The lowest BCUT2D eigenvalue weighted by Gasteiger charge is -2.54. The highest BCUT2D eigenvalue weighted by molar-refractivity contribution is 5.80. The zero-order valence-corrected chi connectivity index (χ0v) is 16.6. The van der Waals surface area contributed by atoms with E-state index in [-0.39, 0.29) is 5.91 Å². The zero-order chi connectivity index (χ0) is 18.5. The van der Waals surface area contributed by atoms with Gasteiger partial charge in [-0.25, -0.2) is 0 Å². The second kappa shape index (κ2) is 6.77. The van der Waals surface area contributed by atoms with Gasteiger partial charge in [-0.1, -0.05) is 23.2 Å². The lowest BCUT2D eigenvalue weighted by molar-refractivity contribution is -0.135. The molecule has 0 N–H and O–H groups in total. The third kappa shape index (κ3) is 2.95. The molecule has 3 fully saturated rings. The molecule has 0 saturated carbocycles. The number of rotatable bonds is 2. The van der Waals surface area contributed by atoms with Crippen molar-refractivity contribution in [3.05, 3.63) is 28.7 Å². The molecule has 4 aliphatic rings. The maximum absolute atomic E-state index is 13.3. The molecule has 3 aliphatic heterocycles. The number of likely N-dealkylation sites (tertiary alicyclic amines) is 1. The fourth-order valence-electron chi connectivity index (χ4n) is 6.26. The molecule has 4 atom stereocenters. The van der Waals surface area contributed by atoms with Gasteiger partial charge in [0.25, 0.3) is 0 Å². The fraction of sp³-hybridized carbons (Fsp3) is 0.727. The average molecular weight is 370 g/mol. The smallest absolute Gasteiger partial charge is 0.227 e. The highest BCUT2D eigenvalue weighted by Crippen LogP contribution is 2.45. The number of hydrogen-bond acceptors (Lipinski definition) is 4. The van der Waals surface area contributed by atoms with Crippen LogP contribution in [0.1, 0.15) is 55.5 Å². The quantitative estimate of drug-likeness (QED) is 0.751. The first-order chi connectivity index (χ1) is 13.1. The van der Waals surface area contributed by atoms with Gasteiger partial charge in [-0.2, -0.15) is 0 Å². The van der Waals surface area contributed by atoms with Crippen LogP contribution < -0.4 is 0 Å². The van der Waals surface area contributed by atoms with E-state index in [0.29, 0.717) is 24.3 Å². The van der Waals surface area contributed by atoms with Crippen LogP contribution in [0.15, 0.2) is 16.2 Å². The molecular weight excluding hydrogens is 338 g/mol. The Morgan fingerprint density at radius 1 is 1.26 bits per heavy atom. The molecule has 4 heterocycles. The van der Waals surface area contributed by atoms with E-state index in [1.807, 2.05) is 13.8 Å². The molecule has 5 heteroatoms. The van der Waals surface area contributed by atoms with Gasteiger partial charge in [0.15, 0.2) is 0 Å². The van der Waals surface area contributed by atoms with Gasteiger partial charge in [0.05, 0.1) is 18.2 Å². The number of piperidine rings is 3. The summed E-state index contributed by atoms with van der Waals surface area (Å²) in [6, 6.07) is 1.09. The molecule has 0 radical (unpaired) electrons. The molecule has 2 unspecified atom stereocenters. The second-order valence-electron chi connectivity index (χ2n) is 9.07. The van der Waals surface area contributed by atoms with Crippen molar-refractivity contribution in [3.63, 3.8) is 0 Å². The Kier molecular flexibility index (Phi) is 4.38. The maximum atomic E-state index is 13.3. The summed E-state index contributed by atoms with van der Waals surface area (Å²) in [6.07, 6.45) is 10.6. The lowest BCUT2D eigenvalue weighted by Crippen LogP contribution is -2.60. The van der Waals surface area contributed by atoms with Gasteiger partial charge >= 0.3 is 0 Å². The fourth-order valence-corrected chi connectivity index (χ4v) is 6.26. The molecule has 1 aromatic heterocycles. The Morgan fingerprint density at radius 3 is 2.96 bits per heavy atom. The van der Waals surface area contributed by atoms with Crippen LogP contribution in [-0.2, 0) is 11.2 Å². The van der Waals surface area contributed by atoms with Crippen molar-refractivity contribution in [2.24, 2.45) is 11.8 Å². The number of hydrogen-bond donors (Lipinski definition) is 0. The summed E-state index contributed by atoms with van der Waals surface area (Å²) in [5.41, 5.74) is 3.38. The summed E-state index contributed by atoms with van der Waals surface area (Å²) in [7, 11) is 0. The summed E-state index contributed by atoms with van der Waals surface area (Å²) in [5.74, 6) is 2.36. The lowest BCUT2D eigenvalue weighted by atomic mass is 9.68. The Hall–Kier alpha value is -1.62. The van der Waals surface area contributed by atoms with Crippen molar-refractivity contribution < 1.29 is 9.32 Å². The van der Waals surface area contributed by atoms with Crippen molar-refractivity contribution in [1.82, 2.24) is 15.0 Å². The minimum atomic E-state index is 0.249. The molecule has 146 valence electrons. The van der Waals surface area contributed by atoms with E-state index in [9.17, 15) is 4.79 Å². The minimum Gasteiger partial charge on any atom is -0.361 e. The highest BCUT2D eigenvalue weighted by Gasteiger charge is 2.46. The van der Waals surface area contributed by atoms with Crippen molar-refractivity contribution >= 4 is 5.91 Å². The summed E-state index contributed by atoms with van der Waals surface area (Å²) >= 11 is 0. The van der Waals surface area contributed by atoms with E-state index in [1.165, 1.54) is 45.2 Å². The minimum absolute atomic E-state index is 0.249. The molecule has 0 aromatic carbocycles. The third-order valence-corrected chi connectivity index (χ3v) is 7.49. The van der Waals surface area contributed by atoms with Crippen LogP contribution >= 0.6 is 0 Å². The molecule has 27 heavy (non-hydrogen) atoms. The first-order valence-corrected chi connectivity index (χ1v) is 10.8. The van der Waals surface area contributed by atoms with Gasteiger partial charge in [0.2, 0.25) is 5.91 Å². The van der Waals surface area contributed by atoms with Crippen LogP contribution in [0.4, 0.5) is 0 Å². The molecule has 5 rings (SSSR count). The highest BCUT2D eigenvalue weighted by atomic mass is 16.5. The molecule has 0 spiro atoms. The van der Waals surface area contributed by atoms with Crippen LogP contribution in [0.2, 0.25) is 0 Å². The maximum Gasteiger partial charge on any atom is 0.227 e. The first kappa shape index (κ1) is 17.5. The molecule has 2 bridgehead atoms. The SMILES string of the molecule is Cc1noc(C)c1CC(=O)N1CCCC2=CC3CC(CN4CCCC[C@H]34)[C@@H]21. The van der Waals surface area contributed by atoms with Crippen molar-refractivity contribution in [1.29, 1.82) is 0 Å². The van der Waals surface area contributed by atoms with Crippen LogP contribution in [0.3, 0.4) is 0 Å². The first-order valence-electron chi connectivity index (χ1n) is 10.8. The van der Waals surface area contributed by atoms with E-state index >= 15 is 0 Å². The van der Waals surface area contributed by atoms with Crippen LogP contribution in [0.25, 0.3) is 0 Å². The Labute approximate surface area is 161 Å². The number of fused-ring (bicyclic) bond motifs is 6. The largest absolute Gasteiger partial charge is 0.361 e. The van der Waals surface area contributed by atoms with Crippen LogP contribution in [0, 0.1) is 25.7 Å². The molecule has 1 aromatic rings. The topological polar surface area (TPSA) is 49.6 Å². The molecule has 5 nitrogen and oxygen atoms in total. The number of carbonyl (C=O) groups excluding carboxylic acids is 1. The summed E-state index contributed by atoms with van der Waals surface area (Å²) in [6.45, 7) is 7.17. The van der Waals surface area contributed by atoms with E-state index in [1.54, 1.807) is 5.57 Å². The van der Waals surface area contributed by atoms with Crippen molar-refractivity contribution in [2.75, 3.05) is 19.6 Å². The predicted octanol–water partition coefficient (Wildman–Crippen LogP) is 3.26. The van der Waals surface area contributed by atoms with E-state index < -0.39 is 0 Å². The Balaban J connectivity index is 1.40. The van der Waals surface area contributed by atoms with Crippen LogP contribution in [0.5, 0.6) is 0 Å². The normalized spacial score (nSPS) is 33.3. The van der Waals surface area contributed by atoms with Crippen molar-refractivity contribution in [3.8, 4) is 0 Å². The predicted molar refractivity (Wildman–Crippen MR) is 103 cm³/mol. The molecule has 3 saturated heterocycles. The number of aryl methyl sites for hydroxylation is 2. The summed E-state index contributed by atoms with van der Waals surface area (Å²) < 4.78 is 5.28. The average Bonchev–Trinajstić information content (AvgIpc) is 2.99. The van der Waals surface area contributed by atoms with Gasteiger partial charge in [-0.05, 0) is 64.3 Å². The molecule has 1 amide bonds. The van der Waals surface area contributed by atoms with Gasteiger partial charge in [-0.3, -0.25) is 9.69 Å². The third-order valence-electron chi connectivity index (χ3n) is 7.49. The number of amides is 1.